The number of anilines is 1. The minimum Gasteiger partial charge on any atom is -0.480 e. The number of hydrogen-bond acceptors (Lipinski definition) is 4. The summed E-state index contributed by atoms with van der Waals surface area (Å²) in [5.41, 5.74) is -1.27. The fourth-order valence-corrected chi connectivity index (χ4v) is 2.22. The van der Waals surface area contributed by atoms with Gasteiger partial charge in [-0.3, -0.25) is 4.79 Å². The van der Waals surface area contributed by atoms with Crippen molar-refractivity contribution in [3.8, 4) is 0 Å². The van der Waals surface area contributed by atoms with Crippen LogP contribution >= 0.6 is 0 Å². The van der Waals surface area contributed by atoms with Gasteiger partial charge < -0.3 is 15.0 Å². The highest BCUT2D eigenvalue weighted by atomic mass is 16.4. The van der Waals surface area contributed by atoms with E-state index in [1.54, 1.807) is 10.8 Å². The van der Waals surface area contributed by atoms with E-state index in [-0.39, 0.29) is 11.4 Å². The standard InChI is InChI=1S/C13H19N3O3/c1-9(2)8-16-7-6-14-10(11(16)17)15-13(12(18)19)4-3-5-13/h6-7,9H,3-5,8H2,1-2H3,(H,14,15)(H,18,19). The largest absolute Gasteiger partial charge is 0.480 e. The summed E-state index contributed by atoms with van der Waals surface area (Å²) in [5.74, 6) is -0.449. The van der Waals surface area contributed by atoms with E-state index >= 15 is 0 Å². The molecule has 0 bridgehead atoms. The molecule has 1 saturated carbocycles. The summed E-state index contributed by atoms with van der Waals surface area (Å²) < 4.78 is 1.56. The maximum absolute atomic E-state index is 12.2. The van der Waals surface area contributed by atoms with E-state index < -0.39 is 11.5 Å². The normalized spacial score (nSPS) is 17.0. The molecule has 0 saturated heterocycles. The average molecular weight is 265 g/mol. The Morgan fingerprint density at radius 3 is 2.74 bits per heavy atom. The summed E-state index contributed by atoms with van der Waals surface area (Å²) in [4.78, 5) is 27.5. The molecule has 6 nitrogen and oxygen atoms in total. The predicted octanol–water partition coefficient (Wildman–Crippen LogP) is 1.32. The lowest BCUT2D eigenvalue weighted by molar-refractivity contribution is -0.145. The highest BCUT2D eigenvalue weighted by molar-refractivity contribution is 5.83. The summed E-state index contributed by atoms with van der Waals surface area (Å²) in [7, 11) is 0. The lowest BCUT2D eigenvalue weighted by Crippen LogP contribution is -2.53. The fourth-order valence-electron chi connectivity index (χ4n) is 2.22. The number of carbonyl (C=O) groups is 1. The lowest BCUT2D eigenvalue weighted by atomic mass is 9.77. The highest BCUT2D eigenvalue weighted by Crippen LogP contribution is 2.34. The highest BCUT2D eigenvalue weighted by Gasteiger charge is 2.45. The SMILES string of the molecule is CC(C)Cn1ccnc(NC2(C(=O)O)CCC2)c1=O. The number of carboxylic acid groups (broad SMARTS) is 1. The molecule has 2 rings (SSSR count). The Balaban J connectivity index is 2.26. The third-order valence-electron chi connectivity index (χ3n) is 3.45. The van der Waals surface area contributed by atoms with Crippen molar-refractivity contribution in [1.29, 1.82) is 0 Å². The molecular weight excluding hydrogens is 246 g/mol. The predicted molar refractivity (Wildman–Crippen MR) is 71.2 cm³/mol. The van der Waals surface area contributed by atoms with E-state index in [9.17, 15) is 14.7 Å². The second-order valence-corrected chi connectivity index (χ2v) is 5.49. The maximum atomic E-state index is 12.2. The van der Waals surface area contributed by atoms with E-state index in [2.05, 4.69) is 10.3 Å². The molecule has 2 N–H and O–H groups in total. The van der Waals surface area contributed by atoms with Crippen molar-refractivity contribution in [2.24, 2.45) is 5.92 Å². The molecule has 1 aliphatic carbocycles. The van der Waals surface area contributed by atoms with Gasteiger partial charge in [0, 0.05) is 18.9 Å². The minimum absolute atomic E-state index is 0.130. The molecule has 104 valence electrons. The molecule has 0 aromatic carbocycles. The molecule has 1 heterocycles. The van der Waals surface area contributed by atoms with Crippen molar-refractivity contribution in [3.05, 3.63) is 22.7 Å². The van der Waals surface area contributed by atoms with Gasteiger partial charge in [0.25, 0.3) is 5.56 Å². The fraction of sp³-hybridized carbons (Fsp3) is 0.615. The van der Waals surface area contributed by atoms with Crippen molar-refractivity contribution in [2.75, 3.05) is 5.32 Å². The molecule has 0 spiro atoms. The van der Waals surface area contributed by atoms with Crippen molar-refractivity contribution in [1.82, 2.24) is 9.55 Å². The Labute approximate surface area is 111 Å². The first-order valence-corrected chi connectivity index (χ1v) is 6.52. The number of hydrogen-bond donors (Lipinski definition) is 2. The van der Waals surface area contributed by atoms with Gasteiger partial charge >= 0.3 is 5.97 Å². The maximum Gasteiger partial charge on any atom is 0.329 e. The summed E-state index contributed by atoms with van der Waals surface area (Å²) >= 11 is 0. The van der Waals surface area contributed by atoms with Gasteiger partial charge in [-0.25, -0.2) is 9.78 Å². The van der Waals surface area contributed by atoms with Crippen molar-refractivity contribution in [2.45, 2.75) is 45.2 Å². The van der Waals surface area contributed by atoms with E-state index in [0.29, 0.717) is 25.3 Å². The minimum atomic E-state index is -1.01. The zero-order chi connectivity index (χ0) is 14.0. The van der Waals surface area contributed by atoms with Crippen LogP contribution in [0.25, 0.3) is 0 Å². The van der Waals surface area contributed by atoms with Gasteiger partial charge in [-0.1, -0.05) is 13.8 Å². The Kier molecular flexibility index (Phi) is 3.59. The van der Waals surface area contributed by atoms with Crippen LogP contribution < -0.4 is 10.9 Å². The van der Waals surface area contributed by atoms with E-state index in [1.165, 1.54) is 6.20 Å². The summed E-state index contributed by atoms with van der Waals surface area (Å²) in [5, 5.41) is 12.1. The first-order valence-electron chi connectivity index (χ1n) is 6.52. The second-order valence-electron chi connectivity index (χ2n) is 5.49. The Morgan fingerprint density at radius 1 is 1.58 bits per heavy atom. The van der Waals surface area contributed by atoms with Crippen molar-refractivity contribution in [3.63, 3.8) is 0 Å². The number of nitrogens with zero attached hydrogens (tertiary/aromatic N) is 2. The summed E-state index contributed by atoms with van der Waals surface area (Å²) in [6.45, 7) is 4.63. The van der Waals surface area contributed by atoms with Gasteiger partial charge in [-0.05, 0) is 25.2 Å². The van der Waals surface area contributed by atoms with Gasteiger partial charge in [-0.2, -0.15) is 0 Å². The zero-order valence-electron chi connectivity index (χ0n) is 11.2. The van der Waals surface area contributed by atoms with Gasteiger partial charge in [0.2, 0.25) is 0 Å². The van der Waals surface area contributed by atoms with Crippen LogP contribution in [0.15, 0.2) is 17.2 Å². The first kappa shape index (κ1) is 13.6. The topological polar surface area (TPSA) is 84.2 Å². The van der Waals surface area contributed by atoms with E-state index in [0.717, 1.165) is 6.42 Å². The smallest absolute Gasteiger partial charge is 0.329 e. The molecule has 0 amide bonds. The Hall–Kier alpha value is -1.85. The number of aliphatic carboxylic acids is 1. The molecule has 1 aliphatic rings. The monoisotopic (exact) mass is 265 g/mol. The number of aromatic nitrogens is 2. The van der Waals surface area contributed by atoms with E-state index in [4.69, 9.17) is 0 Å². The van der Waals surface area contributed by atoms with Crippen LogP contribution in [0.2, 0.25) is 0 Å². The van der Waals surface area contributed by atoms with Crippen LogP contribution in [0, 0.1) is 5.92 Å². The van der Waals surface area contributed by atoms with Crippen molar-refractivity contribution < 1.29 is 9.90 Å². The van der Waals surface area contributed by atoms with Gasteiger partial charge in [-0.15, -0.1) is 0 Å². The number of carboxylic acids is 1. The Morgan fingerprint density at radius 2 is 2.26 bits per heavy atom. The van der Waals surface area contributed by atoms with Crippen LogP contribution in [0.1, 0.15) is 33.1 Å². The van der Waals surface area contributed by atoms with Crippen LogP contribution in [0.5, 0.6) is 0 Å². The van der Waals surface area contributed by atoms with E-state index in [1.807, 2.05) is 13.8 Å². The molecule has 0 radical (unpaired) electrons. The molecular formula is C13H19N3O3. The summed E-state index contributed by atoms with van der Waals surface area (Å²) in [6, 6.07) is 0. The van der Waals surface area contributed by atoms with Crippen LogP contribution in [0.3, 0.4) is 0 Å². The third kappa shape index (κ3) is 2.62. The number of nitrogens with one attached hydrogen (secondary N) is 1. The molecule has 0 aliphatic heterocycles. The Bertz CT molecular complexity index is 532. The number of rotatable bonds is 5. The van der Waals surface area contributed by atoms with Gasteiger partial charge in [0.05, 0.1) is 0 Å². The molecule has 19 heavy (non-hydrogen) atoms. The summed E-state index contributed by atoms with van der Waals surface area (Å²) in [6.07, 6.45) is 5.07. The average Bonchev–Trinajstić information content (AvgIpc) is 2.27. The van der Waals surface area contributed by atoms with Crippen LogP contribution in [-0.4, -0.2) is 26.2 Å². The molecule has 0 atom stereocenters. The van der Waals surface area contributed by atoms with Crippen molar-refractivity contribution >= 4 is 11.8 Å². The van der Waals surface area contributed by atoms with Gasteiger partial charge in [0.15, 0.2) is 5.82 Å². The zero-order valence-corrected chi connectivity index (χ0v) is 11.2. The van der Waals surface area contributed by atoms with Crippen LogP contribution in [-0.2, 0) is 11.3 Å². The molecule has 1 aromatic heterocycles. The molecule has 1 aromatic rings. The van der Waals surface area contributed by atoms with Gasteiger partial charge in [0.1, 0.15) is 5.54 Å². The third-order valence-corrected chi connectivity index (χ3v) is 3.45. The molecule has 0 unspecified atom stereocenters. The molecule has 6 heteroatoms. The first-order chi connectivity index (χ1) is 8.94. The second kappa shape index (κ2) is 5.03. The van der Waals surface area contributed by atoms with Crippen LogP contribution in [0.4, 0.5) is 5.82 Å². The molecule has 1 fully saturated rings. The lowest BCUT2D eigenvalue weighted by Gasteiger charge is -2.38. The quantitative estimate of drug-likeness (QED) is 0.838.